The first-order valence-electron chi connectivity index (χ1n) is 9.81. The van der Waals surface area contributed by atoms with Gasteiger partial charge in [0.15, 0.2) is 0 Å². The molecule has 1 N–H and O–H groups in total. The van der Waals surface area contributed by atoms with E-state index in [-0.39, 0.29) is 30.7 Å². The minimum absolute atomic E-state index is 0.0881. The fourth-order valence-corrected chi connectivity index (χ4v) is 3.42. The van der Waals surface area contributed by atoms with Crippen molar-refractivity contribution in [1.29, 1.82) is 0 Å². The minimum Gasteiger partial charge on any atom is -0.352 e. The van der Waals surface area contributed by atoms with Crippen molar-refractivity contribution in [2.24, 2.45) is 0 Å². The Balaban J connectivity index is 1.43. The zero-order valence-electron chi connectivity index (χ0n) is 17.2. The highest BCUT2D eigenvalue weighted by Gasteiger charge is 2.34. The highest BCUT2D eigenvalue weighted by atomic mass is 16.2. The fourth-order valence-electron chi connectivity index (χ4n) is 3.42. The topological polar surface area (TPSA) is 69.7 Å². The number of carbonyl (C=O) groups excluding carboxylic acids is 3. The van der Waals surface area contributed by atoms with Crippen molar-refractivity contribution in [3.63, 3.8) is 0 Å². The number of carbonyl (C=O) groups is 3. The summed E-state index contributed by atoms with van der Waals surface area (Å²) in [5.74, 6) is -0.634. The average molecular weight is 393 g/mol. The summed E-state index contributed by atoms with van der Waals surface area (Å²) in [5.41, 5.74) is 4.11. The van der Waals surface area contributed by atoms with E-state index in [9.17, 15) is 14.4 Å². The molecule has 0 saturated carbocycles. The molecule has 1 heterocycles. The van der Waals surface area contributed by atoms with Crippen molar-refractivity contribution in [2.75, 3.05) is 20.6 Å². The number of nitrogens with zero attached hydrogens (tertiary/aromatic N) is 2. The van der Waals surface area contributed by atoms with Crippen molar-refractivity contribution in [3.05, 3.63) is 70.3 Å². The molecule has 0 aromatic heterocycles. The number of benzene rings is 2. The van der Waals surface area contributed by atoms with E-state index in [1.807, 2.05) is 39.2 Å². The van der Waals surface area contributed by atoms with Gasteiger partial charge in [-0.3, -0.25) is 19.3 Å². The van der Waals surface area contributed by atoms with Gasteiger partial charge in [0.05, 0.1) is 11.1 Å². The SMILES string of the molecule is Cc1ccc2c(c1)C(=O)N(CCCC(=O)NCc1ccc(CN(C)C)cc1)C2=O. The standard InChI is InChI=1S/C23H27N3O3/c1-16-6-11-19-20(13-16)23(29)26(22(19)28)12-4-5-21(27)24-14-17-7-9-18(10-8-17)15-25(2)3/h6-11,13H,4-5,12,14-15H2,1-3H3,(H,24,27). The van der Waals surface area contributed by atoms with E-state index in [0.29, 0.717) is 24.1 Å². The molecule has 0 spiro atoms. The number of fused-ring (bicyclic) bond motifs is 1. The number of hydrogen-bond acceptors (Lipinski definition) is 4. The molecule has 3 rings (SSSR count). The van der Waals surface area contributed by atoms with Gasteiger partial charge in [0, 0.05) is 26.1 Å². The summed E-state index contributed by atoms with van der Waals surface area (Å²) in [6, 6.07) is 13.4. The summed E-state index contributed by atoms with van der Waals surface area (Å²) in [7, 11) is 4.05. The number of imide groups is 1. The third-order valence-electron chi connectivity index (χ3n) is 4.92. The van der Waals surface area contributed by atoms with Gasteiger partial charge in [-0.15, -0.1) is 0 Å². The second-order valence-corrected chi connectivity index (χ2v) is 7.75. The Hall–Kier alpha value is -2.99. The summed E-state index contributed by atoms with van der Waals surface area (Å²) >= 11 is 0. The van der Waals surface area contributed by atoms with Gasteiger partial charge in [0.25, 0.3) is 11.8 Å². The van der Waals surface area contributed by atoms with E-state index in [2.05, 4.69) is 22.3 Å². The molecule has 1 aliphatic heterocycles. The lowest BCUT2D eigenvalue weighted by Gasteiger charge is -2.13. The van der Waals surface area contributed by atoms with Crippen LogP contribution in [0.15, 0.2) is 42.5 Å². The van der Waals surface area contributed by atoms with Crippen LogP contribution in [-0.2, 0) is 17.9 Å². The van der Waals surface area contributed by atoms with Crippen LogP contribution in [0.4, 0.5) is 0 Å². The molecular formula is C23H27N3O3. The van der Waals surface area contributed by atoms with E-state index in [4.69, 9.17) is 0 Å². The summed E-state index contributed by atoms with van der Waals surface area (Å²) in [4.78, 5) is 40.3. The molecule has 0 fully saturated rings. The lowest BCUT2D eigenvalue weighted by Crippen LogP contribution is -2.32. The summed E-state index contributed by atoms with van der Waals surface area (Å²) in [6.45, 7) is 3.48. The quantitative estimate of drug-likeness (QED) is 0.700. The molecule has 2 aromatic rings. The third kappa shape index (κ3) is 5.09. The van der Waals surface area contributed by atoms with Crippen LogP contribution in [0.3, 0.4) is 0 Å². The Labute approximate surface area is 171 Å². The Kier molecular flexibility index (Phi) is 6.44. The molecule has 0 unspecified atom stereocenters. The van der Waals surface area contributed by atoms with E-state index < -0.39 is 0 Å². The largest absolute Gasteiger partial charge is 0.352 e. The van der Waals surface area contributed by atoms with Crippen molar-refractivity contribution >= 4 is 17.7 Å². The Morgan fingerprint density at radius 2 is 1.62 bits per heavy atom. The minimum atomic E-state index is -0.275. The van der Waals surface area contributed by atoms with Gasteiger partial charge in [-0.1, -0.05) is 35.9 Å². The Morgan fingerprint density at radius 3 is 2.31 bits per heavy atom. The van der Waals surface area contributed by atoms with Crippen molar-refractivity contribution < 1.29 is 14.4 Å². The van der Waals surface area contributed by atoms with Crippen LogP contribution >= 0.6 is 0 Å². The van der Waals surface area contributed by atoms with Gasteiger partial charge < -0.3 is 10.2 Å². The zero-order valence-corrected chi connectivity index (χ0v) is 17.2. The number of amides is 3. The van der Waals surface area contributed by atoms with E-state index in [1.54, 1.807) is 12.1 Å². The average Bonchev–Trinajstić information content (AvgIpc) is 2.91. The first-order chi connectivity index (χ1) is 13.8. The lowest BCUT2D eigenvalue weighted by molar-refractivity contribution is -0.121. The molecule has 29 heavy (non-hydrogen) atoms. The normalized spacial score (nSPS) is 13.2. The first-order valence-corrected chi connectivity index (χ1v) is 9.81. The molecule has 0 radical (unpaired) electrons. The lowest BCUT2D eigenvalue weighted by atomic mass is 10.1. The van der Waals surface area contributed by atoms with Gasteiger partial charge in [-0.05, 0) is 50.7 Å². The Morgan fingerprint density at radius 1 is 0.966 bits per heavy atom. The molecule has 0 saturated heterocycles. The molecule has 3 amide bonds. The van der Waals surface area contributed by atoms with Crippen LogP contribution in [0.2, 0.25) is 0 Å². The molecule has 0 atom stereocenters. The summed E-state index contributed by atoms with van der Waals surface area (Å²) in [6.07, 6.45) is 0.712. The number of rotatable bonds is 8. The van der Waals surface area contributed by atoms with E-state index in [1.165, 1.54) is 10.5 Å². The molecule has 2 aromatic carbocycles. The molecule has 0 aliphatic carbocycles. The molecule has 6 heteroatoms. The first kappa shape index (κ1) is 20.7. The number of nitrogens with one attached hydrogen (secondary N) is 1. The van der Waals surface area contributed by atoms with Crippen LogP contribution in [0.1, 0.15) is 50.2 Å². The smallest absolute Gasteiger partial charge is 0.261 e. The highest BCUT2D eigenvalue weighted by molar-refractivity contribution is 6.21. The second kappa shape index (κ2) is 9.01. The van der Waals surface area contributed by atoms with Crippen LogP contribution in [0.25, 0.3) is 0 Å². The van der Waals surface area contributed by atoms with Crippen LogP contribution in [-0.4, -0.2) is 48.2 Å². The van der Waals surface area contributed by atoms with E-state index in [0.717, 1.165) is 17.7 Å². The molecule has 6 nitrogen and oxygen atoms in total. The Bertz CT molecular complexity index is 919. The predicted octanol–water partition coefficient (Wildman–Crippen LogP) is 2.75. The monoisotopic (exact) mass is 393 g/mol. The van der Waals surface area contributed by atoms with Crippen molar-refractivity contribution in [1.82, 2.24) is 15.1 Å². The maximum atomic E-state index is 12.4. The van der Waals surface area contributed by atoms with E-state index >= 15 is 0 Å². The third-order valence-corrected chi connectivity index (χ3v) is 4.92. The summed E-state index contributed by atoms with van der Waals surface area (Å²) < 4.78 is 0. The van der Waals surface area contributed by atoms with Crippen LogP contribution < -0.4 is 5.32 Å². The predicted molar refractivity (Wildman–Crippen MR) is 111 cm³/mol. The fraction of sp³-hybridized carbons (Fsp3) is 0.348. The molecule has 152 valence electrons. The van der Waals surface area contributed by atoms with Gasteiger partial charge >= 0.3 is 0 Å². The molecule has 0 bridgehead atoms. The second-order valence-electron chi connectivity index (χ2n) is 7.75. The number of hydrogen-bond donors (Lipinski definition) is 1. The number of aryl methyl sites for hydroxylation is 1. The van der Waals surface area contributed by atoms with Crippen LogP contribution in [0.5, 0.6) is 0 Å². The van der Waals surface area contributed by atoms with Gasteiger partial charge in [0.1, 0.15) is 0 Å². The maximum absolute atomic E-state index is 12.4. The molecular weight excluding hydrogens is 366 g/mol. The highest BCUT2D eigenvalue weighted by Crippen LogP contribution is 2.24. The van der Waals surface area contributed by atoms with Crippen LogP contribution in [0, 0.1) is 6.92 Å². The van der Waals surface area contributed by atoms with Gasteiger partial charge in [-0.25, -0.2) is 0 Å². The van der Waals surface area contributed by atoms with Crippen molar-refractivity contribution in [3.8, 4) is 0 Å². The maximum Gasteiger partial charge on any atom is 0.261 e. The molecule has 1 aliphatic rings. The van der Waals surface area contributed by atoms with Crippen molar-refractivity contribution in [2.45, 2.75) is 32.9 Å². The van der Waals surface area contributed by atoms with Gasteiger partial charge in [-0.2, -0.15) is 0 Å². The summed E-state index contributed by atoms with van der Waals surface area (Å²) in [5, 5.41) is 2.89. The zero-order chi connectivity index (χ0) is 21.0. The van der Waals surface area contributed by atoms with Gasteiger partial charge in [0.2, 0.25) is 5.91 Å².